The molecular formula is C16H32F3N5O2S. The third-order valence-corrected chi connectivity index (χ3v) is 6.27. The Morgan fingerprint density at radius 2 is 1.70 bits per heavy atom. The first-order valence-electron chi connectivity index (χ1n) is 9.19. The molecule has 0 aromatic heterocycles. The lowest BCUT2D eigenvalue weighted by Crippen LogP contribution is -2.52. The van der Waals surface area contributed by atoms with Crippen molar-refractivity contribution in [1.29, 1.82) is 0 Å². The molecule has 0 aliphatic carbocycles. The van der Waals surface area contributed by atoms with Crippen molar-refractivity contribution in [3.8, 4) is 0 Å². The number of halogens is 3. The van der Waals surface area contributed by atoms with E-state index in [4.69, 9.17) is 0 Å². The number of hydrogen-bond donors (Lipinski definition) is 2. The number of hydrogen-bond acceptors (Lipinski definition) is 4. The Bertz CT molecular complexity index is 577. The average molecular weight is 416 g/mol. The molecule has 0 aromatic carbocycles. The number of rotatable bonds is 7. The highest BCUT2D eigenvalue weighted by Crippen LogP contribution is 2.28. The second-order valence-corrected chi connectivity index (χ2v) is 9.12. The maximum Gasteiger partial charge on any atom is 0.511 e. The van der Waals surface area contributed by atoms with Crippen LogP contribution in [0.15, 0.2) is 4.99 Å². The first kappa shape index (κ1) is 24.0. The van der Waals surface area contributed by atoms with Gasteiger partial charge < -0.3 is 10.6 Å². The van der Waals surface area contributed by atoms with Crippen LogP contribution in [0.3, 0.4) is 0 Å². The third kappa shape index (κ3) is 6.79. The SMILES string of the molecule is CN=C(NCCN(C(C)C)C(C)C)NC1CCN(S(=O)(=O)C(F)(F)F)CC1. The summed E-state index contributed by atoms with van der Waals surface area (Å²) in [6, 6.07) is 0.713. The molecule has 2 N–H and O–H groups in total. The fourth-order valence-electron chi connectivity index (χ4n) is 3.19. The predicted molar refractivity (Wildman–Crippen MR) is 101 cm³/mol. The minimum Gasteiger partial charge on any atom is -0.355 e. The molecule has 0 saturated carbocycles. The van der Waals surface area contributed by atoms with Gasteiger partial charge in [-0.05, 0) is 40.5 Å². The number of alkyl halides is 3. The molecule has 1 aliphatic heterocycles. The van der Waals surface area contributed by atoms with Crippen LogP contribution in [0, 0.1) is 0 Å². The Hall–Kier alpha value is -1.07. The molecule has 0 spiro atoms. The second kappa shape index (κ2) is 9.92. The van der Waals surface area contributed by atoms with E-state index in [0.29, 0.717) is 41.7 Å². The van der Waals surface area contributed by atoms with Crippen LogP contribution in [0.25, 0.3) is 0 Å². The van der Waals surface area contributed by atoms with Crippen molar-refractivity contribution in [2.75, 3.05) is 33.2 Å². The Kier molecular flexibility index (Phi) is 8.81. The first-order chi connectivity index (χ1) is 12.4. The van der Waals surface area contributed by atoms with E-state index in [0.717, 1.165) is 6.54 Å². The van der Waals surface area contributed by atoms with Gasteiger partial charge in [-0.15, -0.1) is 0 Å². The normalized spacial score (nSPS) is 18.6. The van der Waals surface area contributed by atoms with Crippen LogP contribution in [0.1, 0.15) is 40.5 Å². The number of guanidine groups is 1. The first-order valence-corrected chi connectivity index (χ1v) is 10.6. The van der Waals surface area contributed by atoms with E-state index in [1.807, 2.05) is 0 Å². The molecular weight excluding hydrogens is 383 g/mol. The van der Waals surface area contributed by atoms with Gasteiger partial charge in [-0.25, -0.2) is 8.42 Å². The summed E-state index contributed by atoms with van der Waals surface area (Å²) in [5.41, 5.74) is -5.25. The van der Waals surface area contributed by atoms with E-state index in [9.17, 15) is 21.6 Å². The molecule has 1 fully saturated rings. The minimum absolute atomic E-state index is 0.123. The minimum atomic E-state index is -5.25. The summed E-state index contributed by atoms with van der Waals surface area (Å²) in [4.78, 5) is 6.47. The quantitative estimate of drug-likeness (QED) is 0.488. The Balaban J connectivity index is 2.48. The van der Waals surface area contributed by atoms with Crippen LogP contribution in [0.2, 0.25) is 0 Å². The maximum absolute atomic E-state index is 12.6. The van der Waals surface area contributed by atoms with Gasteiger partial charge in [0.1, 0.15) is 0 Å². The molecule has 1 saturated heterocycles. The van der Waals surface area contributed by atoms with Gasteiger partial charge in [0, 0.05) is 51.4 Å². The summed E-state index contributed by atoms with van der Waals surface area (Å²) < 4.78 is 61.3. The highest BCUT2D eigenvalue weighted by Gasteiger charge is 2.50. The van der Waals surface area contributed by atoms with E-state index in [1.54, 1.807) is 7.05 Å². The lowest BCUT2D eigenvalue weighted by atomic mass is 10.1. The van der Waals surface area contributed by atoms with Crippen molar-refractivity contribution in [2.45, 2.75) is 64.2 Å². The number of nitrogens with zero attached hydrogens (tertiary/aromatic N) is 3. The molecule has 0 radical (unpaired) electrons. The van der Waals surface area contributed by atoms with E-state index < -0.39 is 15.5 Å². The predicted octanol–water partition coefficient (Wildman–Crippen LogP) is 1.58. The molecule has 1 rings (SSSR count). The van der Waals surface area contributed by atoms with Gasteiger partial charge >= 0.3 is 15.5 Å². The van der Waals surface area contributed by atoms with Crippen LogP contribution in [0.5, 0.6) is 0 Å². The molecule has 0 atom stereocenters. The van der Waals surface area contributed by atoms with Crippen molar-refractivity contribution in [1.82, 2.24) is 19.8 Å². The van der Waals surface area contributed by atoms with Crippen molar-refractivity contribution >= 4 is 16.0 Å². The Morgan fingerprint density at radius 1 is 1.19 bits per heavy atom. The van der Waals surface area contributed by atoms with Gasteiger partial charge in [-0.1, -0.05) is 0 Å². The monoisotopic (exact) mass is 415 g/mol. The summed E-state index contributed by atoms with van der Waals surface area (Å²) in [6.45, 7) is 9.73. The summed E-state index contributed by atoms with van der Waals surface area (Å²) in [6.07, 6.45) is 0.584. The van der Waals surface area contributed by atoms with E-state index in [-0.39, 0.29) is 19.1 Å². The van der Waals surface area contributed by atoms with Crippen LogP contribution in [-0.4, -0.2) is 80.4 Å². The number of aliphatic imine (C=N–C) groups is 1. The fraction of sp³-hybridized carbons (Fsp3) is 0.938. The summed E-state index contributed by atoms with van der Waals surface area (Å²) in [5.74, 6) is 0.569. The van der Waals surface area contributed by atoms with Gasteiger partial charge in [0.05, 0.1) is 0 Å². The second-order valence-electron chi connectivity index (χ2n) is 7.19. The lowest BCUT2D eigenvalue weighted by Gasteiger charge is -2.33. The van der Waals surface area contributed by atoms with Crippen molar-refractivity contribution < 1.29 is 21.6 Å². The molecule has 11 heteroatoms. The largest absolute Gasteiger partial charge is 0.511 e. The summed E-state index contributed by atoms with van der Waals surface area (Å²) in [7, 11) is -3.62. The number of sulfonamides is 1. The smallest absolute Gasteiger partial charge is 0.355 e. The van der Waals surface area contributed by atoms with E-state index in [1.165, 1.54) is 0 Å². The summed E-state index contributed by atoms with van der Waals surface area (Å²) in [5, 5.41) is 6.37. The van der Waals surface area contributed by atoms with E-state index >= 15 is 0 Å². The highest BCUT2D eigenvalue weighted by atomic mass is 32.2. The number of piperidine rings is 1. The van der Waals surface area contributed by atoms with Gasteiger partial charge in [-0.2, -0.15) is 17.5 Å². The lowest BCUT2D eigenvalue weighted by molar-refractivity contribution is -0.0494. The van der Waals surface area contributed by atoms with Crippen molar-refractivity contribution in [3.05, 3.63) is 0 Å². The number of nitrogens with one attached hydrogen (secondary N) is 2. The van der Waals surface area contributed by atoms with Gasteiger partial charge in [0.2, 0.25) is 0 Å². The van der Waals surface area contributed by atoms with Crippen molar-refractivity contribution in [3.63, 3.8) is 0 Å². The summed E-state index contributed by atoms with van der Waals surface area (Å²) >= 11 is 0. The van der Waals surface area contributed by atoms with Crippen LogP contribution in [0.4, 0.5) is 13.2 Å². The molecule has 1 heterocycles. The van der Waals surface area contributed by atoms with Crippen LogP contribution in [-0.2, 0) is 10.0 Å². The standard InChI is InChI=1S/C16H32F3N5O2S/c1-12(2)24(13(3)4)11-8-21-15(20-5)22-14-6-9-23(10-7-14)27(25,26)16(17,18)19/h12-14H,6-11H2,1-5H3,(H2,20,21,22). The molecule has 1 aliphatic rings. The zero-order valence-electron chi connectivity index (χ0n) is 16.7. The van der Waals surface area contributed by atoms with Gasteiger partial charge in [0.25, 0.3) is 0 Å². The molecule has 0 unspecified atom stereocenters. The zero-order valence-corrected chi connectivity index (χ0v) is 17.5. The van der Waals surface area contributed by atoms with E-state index in [2.05, 4.69) is 48.2 Å². The van der Waals surface area contributed by atoms with Crippen molar-refractivity contribution in [2.24, 2.45) is 4.99 Å². The average Bonchev–Trinajstić information content (AvgIpc) is 2.56. The molecule has 7 nitrogen and oxygen atoms in total. The third-order valence-electron chi connectivity index (χ3n) is 4.64. The topological polar surface area (TPSA) is 77.0 Å². The highest BCUT2D eigenvalue weighted by molar-refractivity contribution is 7.90. The van der Waals surface area contributed by atoms with Gasteiger partial charge in [-0.3, -0.25) is 9.89 Å². The fourth-order valence-corrected chi connectivity index (χ4v) is 4.18. The molecule has 0 bridgehead atoms. The van der Waals surface area contributed by atoms with Gasteiger partial charge in [0.15, 0.2) is 5.96 Å². The molecule has 0 amide bonds. The maximum atomic E-state index is 12.6. The zero-order chi connectivity index (χ0) is 20.8. The molecule has 27 heavy (non-hydrogen) atoms. The van der Waals surface area contributed by atoms with Crippen LogP contribution >= 0.6 is 0 Å². The molecule has 160 valence electrons. The Labute approximate surface area is 160 Å². The van der Waals surface area contributed by atoms with Crippen LogP contribution < -0.4 is 10.6 Å². The molecule has 0 aromatic rings. The Morgan fingerprint density at radius 3 is 2.11 bits per heavy atom.